The zero-order chi connectivity index (χ0) is 13.0. The van der Waals surface area contributed by atoms with Gasteiger partial charge in [0.25, 0.3) is 0 Å². The average molecular weight is 247 g/mol. The van der Waals surface area contributed by atoms with Crippen LogP contribution in [0.1, 0.15) is 34.6 Å². The van der Waals surface area contributed by atoms with Crippen molar-refractivity contribution in [3.05, 3.63) is 0 Å². The van der Waals surface area contributed by atoms with Crippen LogP contribution in [0.25, 0.3) is 0 Å². The third-order valence-corrected chi connectivity index (χ3v) is 3.22. The molecular formula is C11H21NO3S. The predicted octanol–water partition coefficient (Wildman–Crippen LogP) is 1.75. The average Bonchev–Trinajstić information content (AvgIpc) is 2.10. The van der Waals surface area contributed by atoms with Gasteiger partial charge in [-0.3, -0.25) is 9.59 Å². The van der Waals surface area contributed by atoms with Crippen molar-refractivity contribution in [2.75, 3.05) is 12.3 Å². The van der Waals surface area contributed by atoms with Crippen molar-refractivity contribution in [1.82, 2.24) is 5.32 Å². The van der Waals surface area contributed by atoms with Crippen molar-refractivity contribution in [1.29, 1.82) is 0 Å². The molecule has 16 heavy (non-hydrogen) atoms. The van der Waals surface area contributed by atoms with Crippen molar-refractivity contribution in [3.63, 3.8) is 0 Å². The van der Waals surface area contributed by atoms with E-state index in [1.165, 1.54) is 0 Å². The maximum atomic E-state index is 11.4. The van der Waals surface area contributed by atoms with Crippen molar-refractivity contribution >= 4 is 23.6 Å². The van der Waals surface area contributed by atoms with Crippen LogP contribution >= 0.6 is 11.8 Å². The van der Waals surface area contributed by atoms with E-state index in [-0.39, 0.29) is 17.2 Å². The maximum Gasteiger partial charge on any atom is 0.310 e. The minimum Gasteiger partial charge on any atom is -0.481 e. The van der Waals surface area contributed by atoms with Crippen LogP contribution in [0.4, 0.5) is 0 Å². The summed E-state index contributed by atoms with van der Waals surface area (Å²) >= 11 is 1.54. The summed E-state index contributed by atoms with van der Waals surface area (Å²) in [4.78, 5) is 22.2. The Balaban J connectivity index is 3.96. The van der Waals surface area contributed by atoms with Crippen molar-refractivity contribution < 1.29 is 14.7 Å². The Morgan fingerprint density at radius 1 is 1.19 bits per heavy atom. The van der Waals surface area contributed by atoms with E-state index in [0.29, 0.717) is 5.75 Å². The Morgan fingerprint density at radius 3 is 2.06 bits per heavy atom. The summed E-state index contributed by atoms with van der Waals surface area (Å²) in [5.74, 6) is -0.662. The van der Waals surface area contributed by atoms with Crippen LogP contribution in [0.3, 0.4) is 0 Å². The normalized spacial score (nSPS) is 12.3. The van der Waals surface area contributed by atoms with Gasteiger partial charge < -0.3 is 10.4 Å². The van der Waals surface area contributed by atoms with Gasteiger partial charge in [0.05, 0.1) is 11.2 Å². The molecule has 1 amide bonds. The third-order valence-electron chi connectivity index (χ3n) is 1.94. The second-order valence-corrected chi connectivity index (χ2v) is 7.17. The van der Waals surface area contributed by atoms with Crippen LogP contribution < -0.4 is 5.32 Å². The van der Waals surface area contributed by atoms with Crippen LogP contribution in [-0.4, -0.2) is 34.0 Å². The lowest BCUT2D eigenvalue weighted by Gasteiger charge is -2.21. The number of carboxylic acids is 1. The second kappa shape index (κ2) is 5.57. The monoisotopic (exact) mass is 247 g/mol. The number of nitrogens with one attached hydrogen (secondary N) is 1. The summed E-state index contributed by atoms with van der Waals surface area (Å²) < 4.78 is 0.0413. The van der Waals surface area contributed by atoms with E-state index in [9.17, 15) is 9.59 Å². The van der Waals surface area contributed by atoms with Crippen LogP contribution in [0.15, 0.2) is 0 Å². The lowest BCUT2D eigenvalue weighted by atomic mass is 9.94. The first-order valence-corrected chi connectivity index (χ1v) is 6.17. The summed E-state index contributed by atoms with van der Waals surface area (Å²) in [6.45, 7) is 9.44. The standard InChI is InChI=1S/C11H21NO3S/c1-10(2,3)16-6-8(13)12-7-11(4,5)9(14)15/h6-7H2,1-5H3,(H,12,13)(H,14,15). The molecule has 0 aromatic heterocycles. The van der Waals surface area contributed by atoms with E-state index in [1.54, 1.807) is 25.6 Å². The molecule has 0 saturated carbocycles. The van der Waals surface area contributed by atoms with Crippen molar-refractivity contribution in [2.45, 2.75) is 39.4 Å². The van der Waals surface area contributed by atoms with E-state index >= 15 is 0 Å². The zero-order valence-electron chi connectivity index (χ0n) is 10.6. The molecule has 0 heterocycles. The summed E-state index contributed by atoms with van der Waals surface area (Å²) in [5, 5.41) is 11.5. The van der Waals surface area contributed by atoms with Gasteiger partial charge in [-0.15, -0.1) is 11.8 Å². The molecule has 5 heteroatoms. The molecule has 0 aliphatic heterocycles. The van der Waals surface area contributed by atoms with Gasteiger partial charge in [-0.2, -0.15) is 0 Å². The first-order chi connectivity index (χ1) is 7.04. The number of thioether (sulfide) groups is 1. The zero-order valence-corrected chi connectivity index (χ0v) is 11.4. The van der Waals surface area contributed by atoms with Gasteiger partial charge in [0.15, 0.2) is 0 Å². The van der Waals surface area contributed by atoms with Gasteiger partial charge in [-0.05, 0) is 13.8 Å². The molecule has 0 rings (SSSR count). The number of amides is 1. The summed E-state index contributed by atoms with van der Waals surface area (Å²) in [6.07, 6.45) is 0. The molecule has 0 aromatic carbocycles. The molecule has 0 unspecified atom stereocenters. The highest BCUT2D eigenvalue weighted by molar-refractivity contribution is 8.01. The Labute approximate surface area is 101 Å². The van der Waals surface area contributed by atoms with Crippen LogP contribution in [0, 0.1) is 5.41 Å². The molecule has 0 radical (unpaired) electrons. The Hall–Kier alpha value is -0.710. The number of hydrogen-bond acceptors (Lipinski definition) is 3. The van der Waals surface area contributed by atoms with Crippen molar-refractivity contribution in [2.24, 2.45) is 5.41 Å². The van der Waals surface area contributed by atoms with E-state index in [0.717, 1.165) is 0 Å². The highest BCUT2D eigenvalue weighted by Gasteiger charge is 2.27. The van der Waals surface area contributed by atoms with Crippen molar-refractivity contribution in [3.8, 4) is 0 Å². The highest BCUT2D eigenvalue weighted by Crippen LogP contribution is 2.22. The molecule has 0 spiro atoms. The molecule has 0 saturated heterocycles. The number of carbonyl (C=O) groups excluding carboxylic acids is 1. The molecule has 0 atom stereocenters. The van der Waals surface area contributed by atoms with Gasteiger partial charge in [0.2, 0.25) is 5.91 Å². The lowest BCUT2D eigenvalue weighted by Crippen LogP contribution is -2.39. The van der Waals surface area contributed by atoms with E-state index < -0.39 is 11.4 Å². The number of rotatable bonds is 5. The molecule has 0 bridgehead atoms. The minimum atomic E-state index is -0.915. The van der Waals surface area contributed by atoms with Crippen LogP contribution in [0.5, 0.6) is 0 Å². The van der Waals surface area contributed by atoms with Gasteiger partial charge >= 0.3 is 5.97 Å². The molecule has 0 aliphatic rings. The lowest BCUT2D eigenvalue weighted by molar-refractivity contribution is -0.146. The Morgan fingerprint density at radius 2 is 1.69 bits per heavy atom. The summed E-state index contributed by atoms with van der Waals surface area (Å²) in [6, 6.07) is 0. The fourth-order valence-corrected chi connectivity index (χ4v) is 1.39. The Bertz CT molecular complexity index is 269. The molecule has 2 N–H and O–H groups in total. The molecule has 0 aromatic rings. The fraction of sp³-hybridized carbons (Fsp3) is 0.818. The molecule has 0 fully saturated rings. The Kier molecular flexibility index (Phi) is 5.32. The second-order valence-electron chi connectivity index (χ2n) is 5.37. The van der Waals surface area contributed by atoms with E-state index in [4.69, 9.17) is 5.11 Å². The molecule has 0 aliphatic carbocycles. The van der Waals surface area contributed by atoms with E-state index in [2.05, 4.69) is 5.32 Å². The van der Waals surface area contributed by atoms with Crippen LogP contribution in [0.2, 0.25) is 0 Å². The molecule has 94 valence electrons. The topological polar surface area (TPSA) is 66.4 Å². The molecule has 4 nitrogen and oxygen atoms in total. The summed E-state index contributed by atoms with van der Waals surface area (Å²) in [7, 11) is 0. The van der Waals surface area contributed by atoms with Gasteiger partial charge in [0, 0.05) is 11.3 Å². The quantitative estimate of drug-likeness (QED) is 0.776. The SMILES string of the molecule is CC(C)(C)SCC(=O)NCC(C)(C)C(=O)O. The number of hydrogen-bond donors (Lipinski definition) is 2. The number of aliphatic carboxylic acids is 1. The predicted molar refractivity (Wildman–Crippen MR) is 66.6 cm³/mol. The third kappa shape index (κ3) is 6.71. The largest absolute Gasteiger partial charge is 0.481 e. The summed E-state index contributed by atoms with van der Waals surface area (Å²) in [5.41, 5.74) is -0.915. The highest BCUT2D eigenvalue weighted by atomic mass is 32.2. The number of carboxylic acid groups (broad SMARTS) is 1. The van der Waals surface area contributed by atoms with Gasteiger partial charge in [-0.1, -0.05) is 20.8 Å². The minimum absolute atomic E-state index is 0.0413. The first kappa shape index (κ1) is 15.3. The van der Waals surface area contributed by atoms with Gasteiger partial charge in [0.1, 0.15) is 0 Å². The smallest absolute Gasteiger partial charge is 0.310 e. The van der Waals surface area contributed by atoms with E-state index in [1.807, 2.05) is 20.8 Å². The van der Waals surface area contributed by atoms with Gasteiger partial charge in [-0.25, -0.2) is 0 Å². The fourth-order valence-electron chi connectivity index (χ4n) is 0.728. The maximum absolute atomic E-state index is 11.4. The molecular weight excluding hydrogens is 226 g/mol. The first-order valence-electron chi connectivity index (χ1n) is 5.19. The van der Waals surface area contributed by atoms with Crippen LogP contribution in [-0.2, 0) is 9.59 Å². The number of carbonyl (C=O) groups is 2.